The van der Waals surface area contributed by atoms with Crippen LogP contribution in [-0.2, 0) is 11.3 Å². The number of quaternary nitrogens is 1. The Bertz CT molecular complexity index is 321. The highest BCUT2D eigenvalue weighted by Crippen LogP contribution is 2.19. The molecular weight excluding hydrogens is 249 g/mol. The van der Waals surface area contributed by atoms with Crippen LogP contribution in [0.2, 0.25) is 10.0 Å². The van der Waals surface area contributed by atoms with Crippen molar-refractivity contribution in [2.45, 2.75) is 6.54 Å². The lowest BCUT2D eigenvalue weighted by atomic mass is 10.2. The Morgan fingerprint density at radius 1 is 1.25 bits per heavy atom. The summed E-state index contributed by atoms with van der Waals surface area (Å²) in [5, 5.41) is 11.9. The van der Waals surface area contributed by atoms with Gasteiger partial charge in [0.05, 0.1) is 31.4 Å². The van der Waals surface area contributed by atoms with E-state index in [2.05, 4.69) is 5.32 Å². The van der Waals surface area contributed by atoms with Crippen LogP contribution in [0.3, 0.4) is 0 Å². The molecule has 1 aromatic carbocycles. The number of benzene rings is 1. The number of rotatable bonds is 7. The normalized spacial score (nSPS) is 10.7. The molecule has 0 aromatic heterocycles. The van der Waals surface area contributed by atoms with Crippen LogP contribution in [0.15, 0.2) is 18.2 Å². The minimum absolute atomic E-state index is 0.0724. The van der Waals surface area contributed by atoms with Crippen molar-refractivity contribution in [1.29, 1.82) is 0 Å². The highest BCUT2D eigenvalue weighted by Gasteiger charge is 2.02. The van der Waals surface area contributed by atoms with Crippen LogP contribution in [0.4, 0.5) is 0 Å². The van der Waals surface area contributed by atoms with Gasteiger partial charge >= 0.3 is 0 Å². The molecule has 5 heteroatoms. The summed E-state index contributed by atoms with van der Waals surface area (Å²) in [6, 6.07) is 5.50. The number of ether oxygens (including phenoxy) is 1. The largest absolute Gasteiger partial charge is 0.394 e. The first-order valence-corrected chi connectivity index (χ1v) is 5.94. The van der Waals surface area contributed by atoms with Crippen LogP contribution in [-0.4, -0.2) is 31.5 Å². The van der Waals surface area contributed by atoms with E-state index < -0.39 is 0 Å². The van der Waals surface area contributed by atoms with Gasteiger partial charge in [0.25, 0.3) is 0 Å². The topological polar surface area (TPSA) is 46.1 Å². The van der Waals surface area contributed by atoms with Gasteiger partial charge in [-0.25, -0.2) is 0 Å². The van der Waals surface area contributed by atoms with Crippen LogP contribution in [0.5, 0.6) is 0 Å². The second-order valence-corrected chi connectivity index (χ2v) is 4.20. The molecule has 0 fully saturated rings. The third-order valence-electron chi connectivity index (χ3n) is 2.08. The summed E-state index contributed by atoms with van der Waals surface area (Å²) in [7, 11) is 0. The van der Waals surface area contributed by atoms with Gasteiger partial charge in [0, 0.05) is 10.6 Å². The summed E-state index contributed by atoms with van der Waals surface area (Å²) >= 11 is 11.8. The van der Waals surface area contributed by atoms with Gasteiger partial charge in [-0.05, 0) is 12.1 Å². The van der Waals surface area contributed by atoms with E-state index in [0.717, 1.165) is 18.7 Å². The highest BCUT2D eigenvalue weighted by atomic mass is 35.5. The molecule has 0 unspecified atom stereocenters. The fraction of sp³-hybridized carbons (Fsp3) is 0.455. The first-order valence-electron chi connectivity index (χ1n) is 5.18. The van der Waals surface area contributed by atoms with Crippen molar-refractivity contribution < 1.29 is 15.2 Å². The Labute approximate surface area is 105 Å². The van der Waals surface area contributed by atoms with E-state index in [1.54, 1.807) is 6.07 Å². The molecule has 0 bridgehead atoms. The molecule has 0 radical (unpaired) electrons. The molecular formula is C11H16Cl2NO2+. The molecule has 3 N–H and O–H groups in total. The number of aliphatic hydroxyl groups is 1. The maximum atomic E-state index is 8.50. The Morgan fingerprint density at radius 3 is 2.75 bits per heavy atom. The summed E-state index contributed by atoms with van der Waals surface area (Å²) in [4.78, 5) is 0. The molecule has 0 spiro atoms. The zero-order chi connectivity index (χ0) is 11.8. The number of aliphatic hydroxyl groups excluding tert-OH is 1. The molecule has 90 valence electrons. The molecule has 0 atom stereocenters. The van der Waals surface area contributed by atoms with Crippen LogP contribution in [0.1, 0.15) is 5.56 Å². The van der Waals surface area contributed by atoms with Gasteiger partial charge in [0.2, 0.25) is 0 Å². The maximum Gasteiger partial charge on any atom is 0.103 e. The Balaban J connectivity index is 2.21. The smallest absolute Gasteiger partial charge is 0.103 e. The second-order valence-electron chi connectivity index (χ2n) is 3.35. The zero-order valence-corrected chi connectivity index (χ0v) is 10.5. The van der Waals surface area contributed by atoms with Gasteiger partial charge in [-0.1, -0.05) is 29.3 Å². The minimum atomic E-state index is 0.0724. The van der Waals surface area contributed by atoms with Crippen molar-refractivity contribution in [2.75, 3.05) is 26.4 Å². The standard InChI is InChI=1S/C11H15Cl2NO2/c12-10-2-1-9(11(13)7-10)8-14-3-5-16-6-4-15/h1-2,7,14-15H,3-6,8H2/p+1. The van der Waals surface area contributed by atoms with E-state index in [4.69, 9.17) is 33.0 Å². The first kappa shape index (κ1) is 13.7. The molecule has 0 saturated heterocycles. The Morgan fingerprint density at radius 2 is 2.06 bits per heavy atom. The van der Waals surface area contributed by atoms with Gasteiger partial charge in [0.15, 0.2) is 0 Å². The average Bonchev–Trinajstić information content (AvgIpc) is 2.26. The molecule has 16 heavy (non-hydrogen) atoms. The van der Waals surface area contributed by atoms with Crippen LogP contribution >= 0.6 is 23.2 Å². The predicted molar refractivity (Wildman–Crippen MR) is 64.9 cm³/mol. The lowest BCUT2D eigenvalue weighted by Gasteiger charge is -2.04. The quantitative estimate of drug-likeness (QED) is 0.724. The van der Waals surface area contributed by atoms with Gasteiger partial charge in [-0.3, -0.25) is 0 Å². The van der Waals surface area contributed by atoms with Crippen LogP contribution in [0.25, 0.3) is 0 Å². The maximum absolute atomic E-state index is 8.50. The van der Waals surface area contributed by atoms with E-state index in [0.29, 0.717) is 23.3 Å². The van der Waals surface area contributed by atoms with Crippen molar-refractivity contribution in [3.05, 3.63) is 33.8 Å². The number of halogens is 2. The van der Waals surface area contributed by atoms with Crippen molar-refractivity contribution in [3.8, 4) is 0 Å². The van der Waals surface area contributed by atoms with E-state index >= 15 is 0 Å². The SMILES string of the molecule is OCCOCC[NH2+]Cc1ccc(Cl)cc1Cl. The average molecular weight is 265 g/mol. The van der Waals surface area contributed by atoms with Crippen molar-refractivity contribution in [1.82, 2.24) is 0 Å². The third-order valence-corrected chi connectivity index (χ3v) is 2.67. The summed E-state index contributed by atoms with van der Waals surface area (Å²) in [5.74, 6) is 0. The van der Waals surface area contributed by atoms with Gasteiger partial charge < -0.3 is 15.2 Å². The first-order chi connectivity index (χ1) is 7.74. The van der Waals surface area contributed by atoms with Crippen molar-refractivity contribution >= 4 is 23.2 Å². The molecule has 0 amide bonds. The molecule has 1 aromatic rings. The highest BCUT2D eigenvalue weighted by molar-refractivity contribution is 6.35. The third kappa shape index (κ3) is 5.14. The zero-order valence-electron chi connectivity index (χ0n) is 8.96. The lowest BCUT2D eigenvalue weighted by Crippen LogP contribution is -2.83. The summed E-state index contributed by atoms with van der Waals surface area (Å²) < 4.78 is 5.13. The molecule has 0 aliphatic rings. The predicted octanol–water partition coefficient (Wildman–Crippen LogP) is 1.07. The van der Waals surface area contributed by atoms with Gasteiger partial charge in [-0.2, -0.15) is 0 Å². The molecule has 1 rings (SSSR count). The molecule has 0 saturated carbocycles. The van der Waals surface area contributed by atoms with E-state index in [1.807, 2.05) is 12.1 Å². The van der Waals surface area contributed by atoms with Crippen molar-refractivity contribution in [2.24, 2.45) is 0 Å². The number of hydrogen-bond donors (Lipinski definition) is 2. The molecule has 0 heterocycles. The molecule has 0 aliphatic carbocycles. The Hall–Kier alpha value is -0.320. The van der Waals surface area contributed by atoms with E-state index in [1.165, 1.54) is 0 Å². The van der Waals surface area contributed by atoms with Crippen LogP contribution in [0, 0.1) is 0 Å². The lowest BCUT2D eigenvalue weighted by molar-refractivity contribution is -0.672. The minimum Gasteiger partial charge on any atom is -0.394 e. The fourth-order valence-corrected chi connectivity index (χ4v) is 1.76. The van der Waals surface area contributed by atoms with Crippen molar-refractivity contribution in [3.63, 3.8) is 0 Å². The second kappa shape index (κ2) is 7.87. The summed E-state index contributed by atoms with van der Waals surface area (Å²) in [6.45, 7) is 2.75. The monoisotopic (exact) mass is 264 g/mol. The van der Waals surface area contributed by atoms with Gasteiger partial charge in [-0.15, -0.1) is 0 Å². The van der Waals surface area contributed by atoms with Crippen LogP contribution < -0.4 is 5.32 Å². The molecule has 3 nitrogen and oxygen atoms in total. The fourth-order valence-electron chi connectivity index (χ4n) is 1.28. The summed E-state index contributed by atoms with van der Waals surface area (Å²) in [6.07, 6.45) is 0. The Kier molecular flexibility index (Phi) is 6.76. The number of nitrogens with two attached hydrogens (primary N) is 1. The van der Waals surface area contributed by atoms with E-state index in [-0.39, 0.29) is 6.61 Å². The summed E-state index contributed by atoms with van der Waals surface area (Å²) in [5.41, 5.74) is 1.06. The van der Waals surface area contributed by atoms with Gasteiger partial charge in [0.1, 0.15) is 6.54 Å². The molecule has 0 aliphatic heterocycles. The number of hydrogen-bond acceptors (Lipinski definition) is 2. The van der Waals surface area contributed by atoms with E-state index in [9.17, 15) is 0 Å².